The van der Waals surface area contributed by atoms with Crippen molar-refractivity contribution < 1.29 is 32.6 Å². The first-order valence-electron chi connectivity index (χ1n) is 6.59. The van der Waals surface area contributed by atoms with Gasteiger partial charge < -0.3 is 9.84 Å². The van der Waals surface area contributed by atoms with Crippen molar-refractivity contribution in [2.24, 2.45) is 0 Å². The Balaban J connectivity index is 2.73. The molecule has 2 rings (SSSR count). The number of aromatic carboxylic acids is 1. The minimum absolute atomic E-state index is 0.0909. The molecule has 0 saturated heterocycles. The lowest BCUT2D eigenvalue weighted by Crippen LogP contribution is -2.29. The molecule has 0 saturated carbocycles. The molecule has 0 radical (unpaired) electrons. The Morgan fingerprint density at radius 2 is 1.74 bits per heavy atom. The van der Waals surface area contributed by atoms with Crippen LogP contribution in [-0.4, -0.2) is 27.3 Å². The van der Waals surface area contributed by atoms with Crippen LogP contribution in [0.3, 0.4) is 0 Å². The third kappa shape index (κ3) is 3.46. The second-order valence-corrected chi connectivity index (χ2v) is 5.92. The van der Waals surface area contributed by atoms with Gasteiger partial charge in [-0.25, -0.2) is 14.2 Å². The number of nitrogens with zero attached hydrogens (tertiary/aromatic N) is 1. The minimum atomic E-state index is -4.79. The molecule has 1 heterocycles. The standard InChI is InChI=1S/C15H14F3NO4/c1-14(2,3)23-13(22)19-10-6-9(12(20)21)5-4-8(10)7-11(19)15(16,17)18/h4-7H,1-3H3,(H,20,21). The molecule has 2 aromatic rings. The number of halogens is 3. The first-order valence-corrected chi connectivity index (χ1v) is 6.59. The lowest BCUT2D eigenvalue weighted by Gasteiger charge is -2.21. The molecular weight excluding hydrogens is 315 g/mol. The highest BCUT2D eigenvalue weighted by Gasteiger charge is 2.38. The number of carboxylic acids is 1. The first-order chi connectivity index (χ1) is 10.4. The average molecular weight is 329 g/mol. The Labute approximate surface area is 129 Å². The van der Waals surface area contributed by atoms with Crippen LogP contribution in [0.1, 0.15) is 36.8 Å². The Morgan fingerprint density at radius 3 is 2.22 bits per heavy atom. The Kier molecular flexibility index (Phi) is 3.88. The quantitative estimate of drug-likeness (QED) is 0.854. The summed E-state index contributed by atoms with van der Waals surface area (Å²) in [6.07, 6.45) is -6.01. The van der Waals surface area contributed by atoms with Crippen LogP contribution in [0.5, 0.6) is 0 Å². The molecule has 0 aliphatic carbocycles. The van der Waals surface area contributed by atoms with Crippen molar-refractivity contribution in [1.82, 2.24) is 4.57 Å². The molecule has 8 heteroatoms. The van der Waals surface area contributed by atoms with E-state index < -0.39 is 29.5 Å². The summed E-state index contributed by atoms with van der Waals surface area (Å²) in [5, 5.41) is 9.07. The molecule has 0 amide bonds. The zero-order chi connectivity index (χ0) is 17.6. The van der Waals surface area contributed by atoms with E-state index in [2.05, 4.69) is 0 Å². The summed E-state index contributed by atoms with van der Waals surface area (Å²) in [4.78, 5) is 23.2. The van der Waals surface area contributed by atoms with Crippen LogP contribution in [0.2, 0.25) is 0 Å². The molecule has 23 heavy (non-hydrogen) atoms. The van der Waals surface area contributed by atoms with Gasteiger partial charge in [0.2, 0.25) is 0 Å². The number of benzene rings is 1. The van der Waals surface area contributed by atoms with E-state index in [0.717, 1.165) is 12.1 Å². The van der Waals surface area contributed by atoms with Crippen LogP contribution >= 0.6 is 0 Å². The van der Waals surface area contributed by atoms with Gasteiger partial charge in [-0.05, 0) is 39.0 Å². The van der Waals surface area contributed by atoms with E-state index in [9.17, 15) is 22.8 Å². The van der Waals surface area contributed by atoms with Crippen molar-refractivity contribution in [3.05, 3.63) is 35.5 Å². The predicted octanol–water partition coefficient (Wildman–Crippen LogP) is 4.14. The molecule has 0 fully saturated rings. The third-order valence-corrected chi connectivity index (χ3v) is 2.92. The largest absolute Gasteiger partial charge is 0.478 e. The monoisotopic (exact) mass is 329 g/mol. The van der Waals surface area contributed by atoms with Crippen LogP contribution in [0.25, 0.3) is 10.9 Å². The number of carboxylic acid groups (broad SMARTS) is 1. The minimum Gasteiger partial charge on any atom is -0.478 e. The average Bonchev–Trinajstić information content (AvgIpc) is 2.74. The SMILES string of the molecule is CC(C)(C)OC(=O)n1c(C(F)(F)F)cc2ccc(C(=O)O)cc21. The van der Waals surface area contributed by atoms with Crippen LogP contribution in [0.15, 0.2) is 24.3 Å². The molecule has 0 unspecified atom stereocenters. The molecule has 5 nitrogen and oxygen atoms in total. The summed E-state index contributed by atoms with van der Waals surface area (Å²) in [5.41, 5.74) is -2.62. The molecule has 1 aromatic carbocycles. The van der Waals surface area contributed by atoms with Crippen LogP contribution in [-0.2, 0) is 10.9 Å². The lowest BCUT2D eigenvalue weighted by atomic mass is 10.1. The molecule has 1 aromatic heterocycles. The van der Waals surface area contributed by atoms with Gasteiger partial charge in [-0.3, -0.25) is 0 Å². The van der Waals surface area contributed by atoms with Crippen molar-refractivity contribution in [2.75, 3.05) is 0 Å². The van der Waals surface area contributed by atoms with Gasteiger partial charge in [0.05, 0.1) is 11.1 Å². The number of ether oxygens (including phenoxy) is 1. The van der Waals surface area contributed by atoms with Gasteiger partial charge in [0.1, 0.15) is 11.3 Å². The second-order valence-electron chi connectivity index (χ2n) is 5.92. The summed E-state index contributed by atoms with van der Waals surface area (Å²) in [6, 6.07) is 4.18. The smallest absolute Gasteiger partial charge is 0.432 e. The maximum atomic E-state index is 13.2. The van der Waals surface area contributed by atoms with Gasteiger partial charge in [-0.15, -0.1) is 0 Å². The molecule has 1 N–H and O–H groups in total. The highest BCUT2D eigenvalue weighted by Crippen LogP contribution is 2.35. The fourth-order valence-corrected chi connectivity index (χ4v) is 2.05. The second kappa shape index (κ2) is 5.29. The van der Waals surface area contributed by atoms with E-state index in [1.54, 1.807) is 0 Å². The van der Waals surface area contributed by atoms with Crippen LogP contribution in [0, 0.1) is 0 Å². The van der Waals surface area contributed by atoms with Crippen molar-refractivity contribution in [2.45, 2.75) is 32.5 Å². The Bertz CT molecular complexity index is 784. The molecular formula is C15H14F3NO4. The summed E-state index contributed by atoms with van der Waals surface area (Å²) < 4.78 is 44.9. The normalized spacial score (nSPS) is 12.4. The predicted molar refractivity (Wildman–Crippen MR) is 75.5 cm³/mol. The van der Waals surface area contributed by atoms with Gasteiger partial charge in [0.25, 0.3) is 0 Å². The van der Waals surface area contributed by atoms with Gasteiger partial charge >= 0.3 is 18.2 Å². The zero-order valence-corrected chi connectivity index (χ0v) is 12.6. The maximum Gasteiger partial charge on any atom is 0.432 e. The van der Waals surface area contributed by atoms with Crippen molar-refractivity contribution in [3.8, 4) is 0 Å². The molecule has 0 spiro atoms. The third-order valence-electron chi connectivity index (χ3n) is 2.92. The van der Waals surface area contributed by atoms with E-state index in [-0.39, 0.29) is 16.5 Å². The zero-order valence-electron chi connectivity index (χ0n) is 12.6. The fourth-order valence-electron chi connectivity index (χ4n) is 2.05. The number of hydrogen-bond acceptors (Lipinski definition) is 3. The number of aromatic nitrogens is 1. The number of carbonyl (C=O) groups is 2. The lowest BCUT2D eigenvalue weighted by molar-refractivity contribution is -0.142. The van der Waals surface area contributed by atoms with Gasteiger partial charge in [0.15, 0.2) is 0 Å². The Hall–Kier alpha value is -2.51. The molecule has 0 aliphatic rings. The maximum absolute atomic E-state index is 13.2. The number of alkyl halides is 3. The topological polar surface area (TPSA) is 68.5 Å². The summed E-state index contributed by atoms with van der Waals surface area (Å²) >= 11 is 0. The molecule has 0 atom stereocenters. The number of carbonyl (C=O) groups excluding carboxylic acids is 1. The summed E-state index contributed by atoms with van der Waals surface area (Å²) in [7, 11) is 0. The van der Waals surface area contributed by atoms with Gasteiger partial charge in [0, 0.05) is 5.39 Å². The summed E-state index contributed by atoms with van der Waals surface area (Å²) in [5.74, 6) is -1.31. The number of rotatable bonds is 1. The number of fused-ring (bicyclic) bond motifs is 1. The van der Waals surface area contributed by atoms with E-state index in [0.29, 0.717) is 4.57 Å². The highest BCUT2D eigenvalue weighted by molar-refractivity contribution is 5.97. The van der Waals surface area contributed by atoms with Gasteiger partial charge in [-0.1, -0.05) is 6.07 Å². The molecule has 0 aliphatic heterocycles. The summed E-state index contributed by atoms with van der Waals surface area (Å²) in [6.45, 7) is 4.56. The van der Waals surface area contributed by atoms with Crippen molar-refractivity contribution in [3.63, 3.8) is 0 Å². The first kappa shape index (κ1) is 16.9. The fraction of sp³-hybridized carbons (Fsp3) is 0.333. The highest BCUT2D eigenvalue weighted by atomic mass is 19.4. The Morgan fingerprint density at radius 1 is 1.13 bits per heavy atom. The van der Waals surface area contributed by atoms with E-state index >= 15 is 0 Å². The van der Waals surface area contributed by atoms with Crippen LogP contribution in [0.4, 0.5) is 18.0 Å². The van der Waals surface area contributed by atoms with E-state index in [1.165, 1.54) is 32.9 Å². The molecule has 0 bridgehead atoms. The molecule has 124 valence electrons. The van der Waals surface area contributed by atoms with Crippen LogP contribution < -0.4 is 0 Å². The van der Waals surface area contributed by atoms with Gasteiger partial charge in [-0.2, -0.15) is 13.2 Å². The van der Waals surface area contributed by atoms with Crippen molar-refractivity contribution >= 4 is 23.0 Å². The van der Waals surface area contributed by atoms with E-state index in [1.807, 2.05) is 0 Å². The van der Waals surface area contributed by atoms with E-state index in [4.69, 9.17) is 9.84 Å². The number of hydrogen-bond donors (Lipinski definition) is 1. The van der Waals surface area contributed by atoms with Crippen molar-refractivity contribution in [1.29, 1.82) is 0 Å².